The summed E-state index contributed by atoms with van der Waals surface area (Å²) in [5, 5.41) is 1.20. The molecule has 1 aliphatic carbocycles. The fourth-order valence-electron chi connectivity index (χ4n) is 3.90. The van der Waals surface area contributed by atoms with E-state index in [9.17, 15) is 0 Å². The van der Waals surface area contributed by atoms with E-state index >= 15 is 0 Å². The average molecular weight is 348 g/mol. The van der Waals surface area contributed by atoms with Crippen LogP contribution >= 0.6 is 0 Å². The van der Waals surface area contributed by atoms with Crippen molar-refractivity contribution >= 4 is 16.7 Å². The molecule has 0 spiro atoms. The molecule has 3 heterocycles. The fourth-order valence-corrected chi connectivity index (χ4v) is 3.90. The van der Waals surface area contributed by atoms with Gasteiger partial charge in [0.15, 0.2) is 0 Å². The maximum Gasteiger partial charge on any atom is 0.132 e. The lowest BCUT2D eigenvalue weighted by atomic mass is 10.1. The van der Waals surface area contributed by atoms with Crippen LogP contribution in [0, 0.1) is 0 Å². The number of aryl methyl sites for hydroxylation is 1. The first kappa shape index (κ1) is 15.7. The molecule has 2 aliphatic rings. The molecular weight excluding hydrogens is 324 g/mol. The maximum absolute atomic E-state index is 6.37. The van der Waals surface area contributed by atoms with Crippen LogP contribution in [0.5, 0.6) is 5.75 Å². The largest absolute Gasteiger partial charge is 0.490 e. The second kappa shape index (κ2) is 6.31. The second-order valence-electron chi connectivity index (χ2n) is 7.50. The van der Waals surface area contributed by atoms with Gasteiger partial charge < -0.3 is 14.2 Å². The molecule has 134 valence electrons. The van der Waals surface area contributed by atoms with E-state index < -0.39 is 0 Å². The Kier molecular flexibility index (Phi) is 3.80. The number of aromatic nitrogens is 3. The maximum atomic E-state index is 6.37. The smallest absolute Gasteiger partial charge is 0.132 e. The standard InChI is InChI=1S/C21H24N4O/c1-24-10-9-17-19(24)3-2-4-20(17)26-16-7-11-25(12-8-16)21-13-18(15-5-6-15)22-14-23-21/h2-4,9-10,13-16H,5-8,11-12H2,1H3. The van der Waals surface area contributed by atoms with E-state index in [2.05, 4.69) is 63.0 Å². The van der Waals surface area contributed by atoms with E-state index in [4.69, 9.17) is 4.74 Å². The first-order valence-corrected chi connectivity index (χ1v) is 9.55. The number of hydrogen-bond acceptors (Lipinski definition) is 4. The summed E-state index contributed by atoms with van der Waals surface area (Å²) >= 11 is 0. The number of rotatable bonds is 4. The van der Waals surface area contributed by atoms with Crippen LogP contribution in [-0.2, 0) is 7.05 Å². The summed E-state index contributed by atoms with van der Waals surface area (Å²) in [5.41, 5.74) is 2.43. The van der Waals surface area contributed by atoms with Crippen LogP contribution in [0.3, 0.4) is 0 Å². The van der Waals surface area contributed by atoms with Crippen molar-refractivity contribution < 1.29 is 4.74 Å². The Morgan fingerprint density at radius 3 is 2.69 bits per heavy atom. The summed E-state index contributed by atoms with van der Waals surface area (Å²) in [7, 11) is 2.07. The monoisotopic (exact) mass is 348 g/mol. The molecular formula is C21H24N4O. The van der Waals surface area contributed by atoms with E-state index in [0.29, 0.717) is 5.92 Å². The van der Waals surface area contributed by atoms with Crippen molar-refractivity contribution in [3.63, 3.8) is 0 Å². The highest BCUT2D eigenvalue weighted by molar-refractivity contribution is 5.86. The Morgan fingerprint density at radius 2 is 1.88 bits per heavy atom. The molecule has 1 aromatic carbocycles. The zero-order valence-corrected chi connectivity index (χ0v) is 15.1. The molecule has 3 aromatic rings. The highest BCUT2D eigenvalue weighted by Crippen LogP contribution is 2.39. The van der Waals surface area contributed by atoms with Gasteiger partial charge in [0.05, 0.1) is 5.52 Å². The highest BCUT2D eigenvalue weighted by atomic mass is 16.5. The molecule has 1 saturated heterocycles. The first-order valence-electron chi connectivity index (χ1n) is 9.55. The topological polar surface area (TPSA) is 43.2 Å². The number of piperidine rings is 1. The molecule has 1 saturated carbocycles. The van der Waals surface area contributed by atoms with Gasteiger partial charge in [-0.15, -0.1) is 0 Å². The molecule has 2 fully saturated rings. The number of benzene rings is 1. The van der Waals surface area contributed by atoms with Gasteiger partial charge in [0, 0.05) is 62.2 Å². The number of anilines is 1. The van der Waals surface area contributed by atoms with Gasteiger partial charge in [-0.1, -0.05) is 6.07 Å². The highest BCUT2D eigenvalue weighted by Gasteiger charge is 2.27. The second-order valence-corrected chi connectivity index (χ2v) is 7.50. The lowest BCUT2D eigenvalue weighted by Gasteiger charge is -2.33. The molecule has 5 nitrogen and oxygen atoms in total. The summed E-state index contributed by atoms with van der Waals surface area (Å²) in [4.78, 5) is 11.3. The molecule has 26 heavy (non-hydrogen) atoms. The minimum atomic E-state index is 0.266. The van der Waals surface area contributed by atoms with Gasteiger partial charge in [-0.05, 0) is 31.0 Å². The van der Waals surface area contributed by atoms with Crippen molar-refractivity contribution in [1.29, 1.82) is 0 Å². The summed E-state index contributed by atoms with van der Waals surface area (Å²) in [6.45, 7) is 1.97. The SMILES string of the molecule is Cn1ccc2c(OC3CCN(c4cc(C5CC5)ncn4)CC3)cccc21. The van der Waals surface area contributed by atoms with Crippen molar-refractivity contribution in [2.24, 2.45) is 7.05 Å². The zero-order valence-electron chi connectivity index (χ0n) is 15.1. The lowest BCUT2D eigenvalue weighted by molar-refractivity contribution is 0.173. The summed E-state index contributed by atoms with van der Waals surface area (Å²) < 4.78 is 8.50. The van der Waals surface area contributed by atoms with Crippen LogP contribution in [0.25, 0.3) is 10.9 Å². The van der Waals surface area contributed by atoms with Gasteiger partial charge >= 0.3 is 0 Å². The fraction of sp³-hybridized carbons (Fsp3) is 0.429. The predicted octanol–water partition coefficient (Wildman–Crippen LogP) is 3.89. The van der Waals surface area contributed by atoms with Crippen LogP contribution in [-0.4, -0.2) is 33.7 Å². The quantitative estimate of drug-likeness (QED) is 0.717. The molecule has 0 bridgehead atoms. The van der Waals surface area contributed by atoms with Crippen LogP contribution in [0.1, 0.15) is 37.3 Å². The molecule has 0 amide bonds. The minimum absolute atomic E-state index is 0.266. The Balaban J connectivity index is 1.26. The van der Waals surface area contributed by atoms with Crippen LogP contribution in [0.2, 0.25) is 0 Å². The third-order valence-corrected chi connectivity index (χ3v) is 5.62. The normalized spacial score (nSPS) is 18.4. The molecule has 5 heteroatoms. The minimum Gasteiger partial charge on any atom is -0.490 e. The van der Waals surface area contributed by atoms with E-state index in [1.807, 2.05) is 0 Å². The van der Waals surface area contributed by atoms with Crippen molar-refractivity contribution in [2.75, 3.05) is 18.0 Å². The van der Waals surface area contributed by atoms with Gasteiger partial charge in [-0.3, -0.25) is 0 Å². The lowest BCUT2D eigenvalue weighted by Crippen LogP contribution is -2.38. The molecule has 0 radical (unpaired) electrons. The van der Waals surface area contributed by atoms with E-state index in [1.165, 1.54) is 29.4 Å². The van der Waals surface area contributed by atoms with Gasteiger partial charge in [-0.25, -0.2) is 9.97 Å². The molecule has 0 unspecified atom stereocenters. The zero-order chi connectivity index (χ0) is 17.5. The van der Waals surface area contributed by atoms with Crippen LogP contribution in [0.4, 0.5) is 5.82 Å². The summed E-state index contributed by atoms with van der Waals surface area (Å²) in [6.07, 6.45) is 8.67. The Morgan fingerprint density at radius 1 is 1.04 bits per heavy atom. The number of ether oxygens (including phenoxy) is 1. The third kappa shape index (κ3) is 2.91. The van der Waals surface area contributed by atoms with Crippen molar-refractivity contribution in [2.45, 2.75) is 37.7 Å². The Bertz CT molecular complexity index is 923. The van der Waals surface area contributed by atoms with Crippen LogP contribution < -0.4 is 9.64 Å². The van der Waals surface area contributed by atoms with Crippen molar-refractivity contribution in [1.82, 2.24) is 14.5 Å². The number of nitrogens with zero attached hydrogens (tertiary/aromatic N) is 4. The predicted molar refractivity (Wildman–Crippen MR) is 103 cm³/mol. The Hall–Kier alpha value is -2.56. The summed E-state index contributed by atoms with van der Waals surface area (Å²) in [5.74, 6) is 2.74. The number of fused-ring (bicyclic) bond motifs is 1. The average Bonchev–Trinajstić information content (AvgIpc) is 3.47. The molecule has 0 atom stereocenters. The molecule has 0 N–H and O–H groups in total. The van der Waals surface area contributed by atoms with Crippen molar-refractivity contribution in [3.05, 3.63) is 48.5 Å². The first-order chi connectivity index (χ1) is 12.8. The molecule has 2 aromatic heterocycles. The summed E-state index contributed by atoms with van der Waals surface area (Å²) in [6, 6.07) is 10.6. The van der Waals surface area contributed by atoms with Crippen LogP contribution in [0.15, 0.2) is 42.9 Å². The van der Waals surface area contributed by atoms with Gasteiger partial charge in [0.2, 0.25) is 0 Å². The molecule has 5 rings (SSSR count). The van der Waals surface area contributed by atoms with Gasteiger partial charge in [0.1, 0.15) is 24.0 Å². The van der Waals surface area contributed by atoms with E-state index in [-0.39, 0.29) is 6.10 Å². The Labute approximate surface area is 153 Å². The van der Waals surface area contributed by atoms with E-state index in [1.54, 1.807) is 6.33 Å². The van der Waals surface area contributed by atoms with Crippen molar-refractivity contribution in [3.8, 4) is 5.75 Å². The number of hydrogen-bond donors (Lipinski definition) is 0. The van der Waals surface area contributed by atoms with Gasteiger partial charge in [0.25, 0.3) is 0 Å². The van der Waals surface area contributed by atoms with Gasteiger partial charge in [-0.2, -0.15) is 0 Å². The molecule has 1 aliphatic heterocycles. The van der Waals surface area contributed by atoms with E-state index in [0.717, 1.165) is 37.5 Å². The third-order valence-electron chi connectivity index (χ3n) is 5.62.